The molecular formula is C22H26ClN3O2S. The summed E-state index contributed by atoms with van der Waals surface area (Å²) >= 11 is 1.41. The fourth-order valence-electron chi connectivity index (χ4n) is 3.59. The maximum absolute atomic E-state index is 12.7. The van der Waals surface area contributed by atoms with E-state index in [1.54, 1.807) is 6.07 Å². The van der Waals surface area contributed by atoms with Crippen LogP contribution < -0.4 is 16.0 Å². The Hall–Kier alpha value is -2.02. The van der Waals surface area contributed by atoms with E-state index in [-0.39, 0.29) is 30.3 Å². The van der Waals surface area contributed by atoms with Gasteiger partial charge in [0.25, 0.3) is 5.91 Å². The SMILES string of the molecule is Cl.NC(CNC(=O)c1ccccc1SCC(=O)N1CCc2ccccc21)C1CC1. The van der Waals surface area contributed by atoms with Crippen molar-refractivity contribution in [1.82, 2.24) is 5.32 Å². The quantitative estimate of drug-likeness (QED) is 0.660. The number of halogens is 1. The van der Waals surface area contributed by atoms with Gasteiger partial charge in [0, 0.05) is 29.7 Å². The van der Waals surface area contributed by atoms with E-state index in [2.05, 4.69) is 11.4 Å². The van der Waals surface area contributed by atoms with Gasteiger partial charge in [-0.25, -0.2) is 0 Å². The van der Waals surface area contributed by atoms with Crippen LogP contribution in [-0.2, 0) is 11.2 Å². The zero-order chi connectivity index (χ0) is 19.5. The Morgan fingerprint density at radius 1 is 1.14 bits per heavy atom. The summed E-state index contributed by atoms with van der Waals surface area (Å²) in [6, 6.07) is 15.5. The largest absolute Gasteiger partial charge is 0.350 e. The highest BCUT2D eigenvalue weighted by atomic mass is 35.5. The third-order valence-electron chi connectivity index (χ3n) is 5.40. The van der Waals surface area contributed by atoms with Crippen molar-refractivity contribution >= 4 is 41.7 Å². The summed E-state index contributed by atoms with van der Waals surface area (Å²) < 4.78 is 0. The molecule has 1 saturated carbocycles. The minimum atomic E-state index is -0.127. The minimum absolute atomic E-state index is 0. The molecule has 1 heterocycles. The molecule has 2 aliphatic rings. The van der Waals surface area contributed by atoms with Gasteiger partial charge in [0.2, 0.25) is 5.91 Å². The van der Waals surface area contributed by atoms with Crippen molar-refractivity contribution in [3.05, 3.63) is 59.7 Å². The monoisotopic (exact) mass is 431 g/mol. The molecule has 1 aliphatic heterocycles. The van der Waals surface area contributed by atoms with Gasteiger partial charge in [0.15, 0.2) is 0 Å². The van der Waals surface area contributed by atoms with Crippen molar-refractivity contribution < 1.29 is 9.59 Å². The zero-order valence-electron chi connectivity index (χ0n) is 16.2. The molecule has 29 heavy (non-hydrogen) atoms. The second-order valence-electron chi connectivity index (χ2n) is 7.42. The Morgan fingerprint density at radius 3 is 2.66 bits per heavy atom. The molecule has 5 nitrogen and oxygen atoms in total. The number of fused-ring (bicyclic) bond motifs is 1. The van der Waals surface area contributed by atoms with Gasteiger partial charge >= 0.3 is 0 Å². The van der Waals surface area contributed by atoms with Gasteiger partial charge < -0.3 is 16.0 Å². The number of thioether (sulfide) groups is 1. The van der Waals surface area contributed by atoms with E-state index in [0.717, 1.165) is 36.4 Å². The van der Waals surface area contributed by atoms with Crippen LogP contribution in [0, 0.1) is 5.92 Å². The molecule has 3 N–H and O–H groups in total. The lowest BCUT2D eigenvalue weighted by molar-refractivity contribution is -0.116. The van der Waals surface area contributed by atoms with Crippen molar-refractivity contribution in [3.8, 4) is 0 Å². The molecule has 2 aromatic rings. The molecule has 0 radical (unpaired) electrons. The lowest BCUT2D eigenvalue weighted by atomic mass is 10.2. The van der Waals surface area contributed by atoms with Gasteiger partial charge in [-0.2, -0.15) is 0 Å². The average molecular weight is 432 g/mol. The highest BCUT2D eigenvalue weighted by Crippen LogP contribution is 2.31. The molecule has 7 heteroatoms. The number of nitrogens with two attached hydrogens (primary N) is 1. The number of carbonyl (C=O) groups excluding carboxylic acids is 2. The van der Waals surface area contributed by atoms with Crippen LogP contribution in [0.1, 0.15) is 28.8 Å². The Balaban J connectivity index is 0.00000240. The van der Waals surface area contributed by atoms with Gasteiger partial charge in [-0.3, -0.25) is 9.59 Å². The molecule has 0 saturated heterocycles. The first-order valence-corrected chi connectivity index (χ1v) is 10.8. The Labute approximate surface area is 181 Å². The van der Waals surface area contributed by atoms with E-state index in [4.69, 9.17) is 5.73 Å². The first kappa shape index (κ1) is 21.7. The van der Waals surface area contributed by atoms with Crippen LogP contribution in [0.4, 0.5) is 5.69 Å². The van der Waals surface area contributed by atoms with E-state index >= 15 is 0 Å². The number of nitrogens with zero attached hydrogens (tertiary/aromatic N) is 1. The lowest BCUT2D eigenvalue weighted by Gasteiger charge is -2.18. The summed E-state index contributed by atoms with van der Waals surface area (Å²) in [5.74, 6) is 0.796. The van der Waals surface area contributed by atoms with Gasteiger partial charge in [0.1, 0.15) is 0 Å². The van der Waals surface area contributed by atoms with Crippen LogP contribution in [0.5, 0.6) is 0 Å². The maximum Gasteiger partial charge on any atom is 0.252 e. The Kier molecular flexibility index (Phi) is 7.22. The van der Waals surface area contributed by atoms with Crippen LogP contribution in [0.15, 0.2) is 53.4 Å². The van der Waals surface area contributed by atoms with Gasteiger partial charge in [-0.15, -0.1) is 24.2 Å². The van der Waals surface area contributed by atoms with Crippen LogP contribution in [0.2, 0.25) is 0 Å². The number of anilines is 1. The molecule has 4 rings (SSSR count). The predicted molar refractivity (Wildman–Crippen MR) is 120 cm³/mol. The fraction of sp³-hybridized carbons (Fsp3) is 0.364. The van der Waals surface area contributed by atoms with E-state index in [1.165, 1.54) is 17.3 Å². The first-order valence-electron chi connectivity index (χ1n) is 9.77. The van der Waals surface area contributed by atoms with Gasteiger partial charge in [0.05, 0.1) is 11.3 Å². The van der Waals surface area contributed by atoms with Crippen molar-refractivity contribution in [3.63, 3.8) is 0 Å². The number of benzene rings is 2. The molecule has 0 bridgehead atoms. The first-order chi connectivity index (χ1) is 13.6. The van der Waals surface area contributed by atoms with Crippen molar-refractivity contribution in [2.45, 2.75) is 30.2 Å². The minimum Gasteiger partial charge on any atom is -0.350 e. The number of carbonyl (C=O) groups is 2. The van der Waals surface area contributed by atoms with Gasteiger partial charge in [-0.1, -0.05) is 30.3 Å². The Bertz CT molecular complexity index is 888. The van der Waals surface area contributed by atoms with E-state index in [0.29, 0.717) is 23.8 Å². The number of amides is 2. The molecule has 1 fully saturated rings. The lowest BCUT2D eigenvalue weighted by Crippen LogP contribution is -2.38. The van der Waals surface area contributed by atoms with Crippen LogP contribution in [0.25, 0.3) is 0 Å². The normalized spacial score (nSPS) is 16.0. The summed E-state index contributed by atoms with van der Waals surface area (Å²) in [5, 5.41) is 2.94. The molecule has 154 valence electrons. The number of nitrogens with one attached hydrogen (secondary N) is 1. The fourth-order valence-corrected chi connectivity index (χ4v) is 4.52. The molecule has 2 amide bonds. The third kappa shape index (κ3) is 5.13. The Morgan fingerprint density at radius 2 is 1.86 bits per heavy atom. The molecule has 2 aromatic carbocycles. The van der Waals surface area contributed by atoms with E-state index < -0.39 is 0 Å². The van der Waals surface area contributed by atoms with Crippen molar-refractivity contribution in [1.29, 1.82) is 0 Å². The van der Waals surface area contributed by atoms with Crippen LogP contribution in [0.3, 0.4) is 0 Å². The zero-order valence-corrected chi connectivity index (χ0v) is 17.8. The highest BCUT2D eigenvalue weighted by Gasteiger charge is 2.29. The van der Waals surface area contributed by atoms with Crippen LogP contribution >= 0.6 is 24.2 Å². The number of hydrogen-bond acceptors (Lipinski definition) is 4. The van der Waals surface area contributed by atoms with Crippen molar-refractivity contribution in [2.24, 2.45) is 11.7 Å². The number of rotatable bonds is 7. The smallest absolute Gasteiger partial charge is 0.252 e. The van der Waals surface area contributed by atoms with Gasteiger partial charge in [-0.05, 0) is 48.9 Å². The molecule has 1 aliphatic carbocycles. The standard InChI is InChI=1S/C22H25N3O2S.ClH/c23-18(15-9-10-15)13-24-22(27)17-6-2-4-8-20(17)28-14-21(26)25-12-11-16-5-1-3-7-19(16)25;/h1-8,15,18H,9-14,23H2,(H,24,27);1H. The summed E-state index contributed by atoms with van der Waals surface area (Å²) in [7, 11) is 0. The molecule has 0 spiro atoms. The summed E-state index contributed by atoms with van der Waals surface area (Å²) in [6.45, 7) is 1.21. The number of hydrogen-bond donors (Lipinski definition) is 2. The van der Waals surface area contributed by atoms with Crippen LogP contribution in [-0.4, -0.2) is 36.7 Å². The summed E-state index contributed by atoms with van der Waals surface area (Å²) in [4.78, 5) is 28.0. The second kappa shape index (κ2) is 9.65. The third-order valence-corrected chi connectivity index (χ3v) is 6.46. The maximum atomic E-state index is 12.7. The van der Waals surface area contributed by atoms with E-state index in [1.807, 2.05) is 41.3 Å². The molecular weight excluding hydrogens is 406 g/mol. The molecule has 1 unspecified atom stereocenters. The molecule has 1 atom stereocenters. The van der Waals surface area contributed by atoms with Crippen molar-refractivity contribution in [2.75, 3.05) is 23.7 Å². The second-order valence-corrected chi connectivity index (χ2v) is 8.44. The topological polar surface area (TPSA) is 75.4 Å². The average Bonchev–Trinajstić information content (AvgIpc) is 3.49. The highest BCUT2D eigenvalue weighted by molar-refractivity contribution is 8.00. The van der Waals surface area contributed by atoms with E-state index in [9.17, 15) is 9.59 Å². The summed E-state index contributed by atoms with van der Waals surface area (Å²) in [6.07, 6.45) is 3.21. The predicted octanol–water partition coefficient (Wildman–Crippen LogP) is 3.26. The molecule has 0 aromatic heterocycles. The summed E-state index contributed by atoms with van der Waals surface area (Å²) in [5.41, 5.74) is 8.91. The number of para-hydroxylation sites is 1.